The number of carbonyl (C=O) groups is 1. The van der Waals surface area contributed by atoms with Gasteiger partial charge in [0.1, 0.15) is 34.6 Å². The van der Waals surface area contributed by atoms with Crippen molar-refractivity contribution in [3.63, 3.8) is 0 Å². The summed E-state index contributed by atoms with van der Waals surface area (Å²) in [4.78, 5) is 12.3. The van der Waals surface area contributed by atoms with E-state index in [0.717, 1.165) is 12.1 Å². The Labute approximate surface area is 200 Å². The predicted molar refractivity (Wildman–Crippen MR) is 117 cm³/mol. The quantitative estimate of drug-likeness (QED) is 0.179. The maximum absolute atomic E-state index is 14.6. The summed E-state index contributed by atoms with van der Waals surface area (Å²) in [6.45, 7) is 1.83. The number of hydrogen-bond donors (Lipinski definition) is 0. The number of alkyl halides is 3. The van der Waals surface area contributed by atoms with Crippen molar-refractivity contribution in [1.82, 2.24) is 0 Å². The molecule has 0 saturated heterocycles. The minimum atomic E-state index is -5.27. The molecule has 3 rings (SSSR count). The van der Waals surface area contributed by atoms with E-state index < -0.39 is 57.9 Å². The van der Waals surface area contributed by atoms with Crippen LogP contribution in [0.15, 0.2) is 60.4 Å². The van der Waals surface area contributed by atoms with E-state index in [1.54, 1.807) is 0 Å². The van der Waals surface area contributed by atoms with Gasteiger partial charge in [0.2, 0.25) is 0 Å². The molecule has 0 unspecified atom stereocenters. The van der Waals surface area contributed by atoms with Gasteiger partial charge in [-0.2, -0.15) is 13.2 Å². The van der Waals surface area contributed by atoms with Crippen LogP contribution in [0.3, 0.4) is 0 Å². The van der Waals surface area contributed by atoms with E-state index in [-0.39, 0.29) is 23.3 Å². The maximum Gasteiger partial charge on any atom is 0.422 e. The van der Waals surface area contributed by atoms with E-state index in [1.807, 2.05) is 6.92 Å². The molecule has 0 aromatic heterocycles. The second-order valence-electron chi connectivity index (χ2n) is 7.74. The second-order valence-corrected chi connectivity index (χ2v) is 7.74. The summed E-state index contributed by atoms with van der Waals surface area (Å²) in [6.07, 6.45) is -4.17. The van der Waals surface area contributed by atoms with Crippen LogP contribution in [0.25, 0.3) is 17.0 Å². The Morgan fingerprint density at radius 2 is 1.42 bits per heavy atom. The van der Waals surface area contributed by atoms with Crippen LogP contribution in [0.5, 0.6) is 5.75 Å². The molecule has 0 aliphatic heterocycles. The van der Waals surface area contributed by atoms with Crippen molar-refractivity contribution in [3.05, 3.63) is 94.6 Å². The smallest absolute Gasteiger partial charge is 0.422 e. The van der Waals surface area contributed by atoms with Gasteiger partial charge in [-0.1, -0.05) is 25.5 Å². The highest BCUT2D eigenvalue weighted by molar-refractivity contribution is 5.91. The Morgan fingerprint density at radius 1 is 0.833 bits per heavy atom. The monoisotopic (exact) mass is 514 g/mol. The second kappa shape index (κ2) is 10.9. The van der Waals surface area contributed by atoms with Crippen LogP contribution < -0.4 is 4.74 Å². The molecule has 2 nitrogen and oxygen atoms in total. The summed E-state index contributed by atoms with van der Waals surface area (Å²) in [7, 11) is 0. The topological polar surface area (TPSA) is 26.3 Å². The molecule has 0 spiro atoms. The molecule has 190 valence electrons. The fraction of sp³-hybridized carbons (Fsp3) is 0.192. The molecule has 0 radical (unpaired) electrons. The fourth-order valence-electron chi connectivity index (χ4n) is 3.31. The van der Waals surface area contributed by atoms with Crippen molar-refractivity contribution in [3.8, 4) is 16.9 Å². The number of benzene rings is 3. The molecule has 0 saturated carbocycles. The number of hydrogen-bond acceptors (Lipinski definition) is 2. The van der Waals surface area contributed by atoms with Crippen LogP contribution in [0.2, 0.25) is 0 Å². The minimum absolute atomic E-state index is 0.0561. The molecule has 3 aromatic carbocycles. The lowest BCUT2D eigenvalue weighted by Gasteiger charge is -2.12. The van der Waals surface area contributed by atoms with Crippen molar-refractivity contribution < 1.29 is 44.7 Å². The lowest BCUT2D eigenvalue weighted by atomic mass is 10.0. The summed E-state index contributed by atoms with van der Waals surface area (Å²) in [5.74, 6) is -8.16. The first-order chi connectivity index (χ1) is 16.9. The highest BCUT2D eigenvalue weighted by Crippen LogP contribution is 2.37. The van der Waals surface area contributed by atoms with Gasteiger partial charge in [0.25, 0.3) is 0 Å². The number of rotatable bonds is 7. The van der Waals surface area contributed by atoms with E-state index in [4.69, 9.17) is 4.74 Å². The van der Waals surface area contributed by atoms with Gasteiger partial charge in [0.05, 0.1) is 5.56 Å². The maximum atomic E-state index is 14.6. The van der Waals surface area contributed by atoms with Gasteiger partial charge in [-0.25, -0.2) is 26.7 Å². The molecular formula is C26H18F8O2. The summed E-state index contributed by atoms with van der Waals surface area (Å²) in [5, 5.41) is 0. The van der Waals surface area contributed by atoms with E-state index in [1.165, 1.54) is 24.3 Å². The first-order valence-corrected chi connectivity index (χ1v) is 10.6. The van der Waals surface area contributed by atoms with Crippen molar-refractivity contribution in [2.75, 3.05) is 0 Å². The molecule has 0 fully saturated rings. The molecule has 0 aliphatic rings. The third-order valence-electron chi connectivity index (χ3n) is 5.15. The molecule has 0 amide bonds. The largest absolute Gasteiger partial charge is 0.423 e. The van der Waals surface area contributed by atoms with Crippen LogP contribution in [-0.2, 0) is 6.18 Å². The van der Waals surface area contributed by atoms with Gasteiger partial charge in [-0.3, -0.25) is 0 Å². The third kappa shape index (κ3) is 6.10. The molecule has 10 heteroatoms. The number of halogens is 8. The summed E-state index contributed by atoms with van der Waals surface area (Å²) < 4.78 is 113. The zero-order valence-corrected chi connectivity index (χ0v) is 18.7. The summed E-state index contributed by atoms with van der Waals surface area (Å²) in [5.41, 5.74) is -3.16. The highest BCUT2D eigenvalue weighted by atomic mass is 19.4. The lowest BCUT2D eigenvalue weighted by molar-refractivity contribution is -0.142. The van der Waals surface area contributed by atoms with Crippen LogP contribution in [-0.4, -0.2) is 5.97 Å². The van der Waals surface area contributed by atoms with Crippen molar-refractivity contribution in [1.29, 1.82) is 0 Å². The fourth-order valence-corrected chi connectivity index (χ4v) is 3.31. The highest BCUT2D eigenvalue weighted by Gasteiger charge is 2.38. The van der Waals surface area contributed by atoms with E-state index >= 15 is 0 Å². The lowest BCUT2D eigenvalue weighted by Crippen LogP contribution is -2.11. The van der Waals surface area contributed by atoms with Crippen LogP contribution in [0.4, 0.5) is 35.1 Å². The van der Waals surface area contributed by atoms with Crippen LogP contribution in [0.1, 0.15) is 47.7 Å². The number of allylic oxidation sites excluding steroid dienone is 1. The van der Waals surface area contributed by atoms with E-state index in [0.29, 0.717) is 31.0 Å². The molecule has 0 atom stereocenters. The SMILES string of the molecule is CCCC/C(F)=C(\F)c1ccc(C(=O)Oc2ccc(-c3cc(F)c(C(F)(F)F)c(F)c3)c(F)c2)cc1. The average Bonchev–Trinajstić information content (AvgIpc) is 2.80. The molecule has 0 N–H and O–H groups in total. The van der Waals surface area contributed by atoms with Crippen molar-refractivity contribution in [2.45, 2.75) is 32.4 Å². The van der Waals surface area contributed by atoms with E-state index in [2.05, 4.69) is 0 Å². The Balaban J connectivity index is 1.78. The molecule has 3 aromatic rings. The molecular weight excluding hydrogens is 496 g/mol. The summed E-state index contributed by atoms with van der Waals surface area (Å²) >= 11 is 0. The molecule has 0 heterocycles. The predicted octanol–water partition coefficient (Wildman–Crippen LogP) is 8.81. The van der Waals surface area contributed by atoms with E-state index in [9.17, 15) is 39.9 Å². The Morgan fingerprint density at radius 3 is 1.94 bits per heavy atom. The van der Waals surface area contributed by atoms with Gasteiger partial charge < -0.3 is 4.74 Å². The Hall–Kier alpha value is -3.69. The first kappa shape index (κ1) is 26.9. The Bertz CT molecular complexity index is 1270. The minimum Gasteiger partial charge on any atom is -0.423 e. The number of esters is 1. The zero-order chi connectivity index (χ0) is 26.6. The third-order valence-corrected chi connectivity index (χ3v) is 5.15. The number of ether oxygens (including phenoxy) is 1. The van der Waals surface area contributed by atoms with Gasteiger partial charge >= 0.3 is 12.1 Å². The summed E-state index contributed by atoms with van der Waals surface area (Å²) in [6, 6.07) is 8.16. The van der Waals surface area contributed by atoms with Gasteiger partial charge in [0, 0.05) is 23.6 Å². The average molecular weight is 514 g/mol. The molecule has 0 bridgehead atoms. The van der Waals surface area contributed by atoms with Gasteiger partial charge in [-0.15, -0.1) is 0 Å². The molecule has 0 aliphatic carbocycles. The van der Waals surface area contributed by atoms with Crippen LogP contribution in [0, 0.1) is 17.5 Å². The van der Waals surface area contributed by atoms with Crippen LogP contribution >= 0.6 is 0 Å². The first-order valence-electron chi connectivity index (χ1n) is 10.6. The normalized spacial score (nSPS) is 12.4. The van der Waals surface area contributed by atoms with Crippen molar-refractivity contribution in [2.24, 2.45) is 0 Å². The number of unbranched alkanes of at least 4 members (excludes halogenated alkanes) is 1. The molecule has 36 heavy (non-hydrogen) atoms. The Kier molecular flexibility index (Phi) is 8.17. The zero-order valence-electron chi connectivity index (χ0n) is 18.7. The standard InChI is InChI=1S/C26H18F8O2/c1-2-3-4-19(27)24(31)14-5-7-15(8-6-14)25(35)36-17-9-10-18(20(28)13-17)16-11-21(29)23(22(30)12-16)26(32,33)34/h5-13H,2-4H2,1H3/b24-19+. The van der Waals surface area contributed by atoms with Gasteiger partial charge in [0.15, 0.2) is 5.83 Å². The number of carbonyl (C=O) groups excluding carboxylic acids is 1. The van der Waals surface area contributed by atoms with Crippen molar-refractivity contribution >= 4 is 11.8 Å². The van der Waals surface area contributed by atoms with Gasteiger partial charge in [-0.05, 0) is 48.4 Å².